The zero-order valence-electron chi connectivity index (χ0n) is 13.1. The highest BCUT2D eigenvalue weighted by molar-refractivity contribution is 5.95. The number of aliphatic hydroxyl groups excluding tert-OH is 1. The zero-order valence-corrected chi connectivity index (χ0v) is 13.1. The van der Waals surface area contributed by atoms with Gasteiger partial charge in [-0.15, -0.1) is 0 Å². The summed E-state index contributed by atoms with van der Waals surface area (Å²) < 4.78 is 0. The van der Waals surface area contributed by atoms with Crippen molar-refractivity contribution in [3.05, 3.63) is 35.7 Å². The van der Waals surface area contributed by atoms with Gasteiger partial charge in [-0.1, -0.05) is 26.0 Å². The Morgan fingerprint density at radius 3 is 2.77 bits per heavy atom. The first-order valence-electron chi connectivity index (χ1n) is 7.40. The molecule has 0 aliphatic heterocycles. The van der Waals surface area contributed by atoms with E-state index in [1.807, 2.05) is 13.0 Å². The summed E-state index contributed by atoms with van der Waals surface area (Å²) >= 11 is 0. The highest BCUT2D eigenvalue weighted by Gasteiger charge is 2.15. The van der Waals surface area contributed by atoms with Crippen molar-refractivity contribution in [1.82, 2.24) is 20.5 Å². The molecule has 22 heavy (non-hydrogen) atoms. The van der Waals surface area contributed by atoms with Gasteiger partial charge in [0.2, 0.25) is 0 Å². The van der Waals surface area contributed by atoms with E-state index in [0.29, 0.717) is 17.3 Å². The Hall–Kier alpha value is -2.21. The Bertz CT molecular complexity index is 637. The highest BCUT2D eigenvalue weighted by Crippen LogP contribution is 2.16. The SMILES string of the molecule is Cc1nc(-c2cccc(C(=O)NC(CO)CC(C)C)c2)n[nH]1. The second-order valence-electron chi connectivity index (χ2n) is 5.81. The number of nitrogens with one attached hydrogen (secondary N) is 2. The molecule has 1 amide bonds. The van der Waals surface area contributed by atoms with Crippen molar-refractivity contribution in [3.63, 3.8) is 0 Å². The fraction of sp³-hybridized carbons (Fsp3) is 0.438. The zero-order chi connectivity index (χ0) is 16.1. The first-order chi connectivity index (χ1) is 10.5. The molecule has 2 aromatic rings. The third-order valence-corrected chi connectivity index (χ3v) is 3.29. The predicted octanol–water partition coefficient (Wildman–Crippen LogP) is 1.92. The van der Waals surface area contributed by atoms with Gasteiger partial charge in [-0.05, 0) is 31.4 Å². The molecule has 0 fully saturated rings. The lowest BCUT2D eigenvalue weighted by atomic mass is 10.0. The third kappa shape index (κ3) is 4.14. The lowest BCUT2D eigenvalue weighted by Gasteiger charge is -2.18. The van der Waals surface area contributed by atoms with E-state index in [1.165, 1.54) is 0 Å². The average Bonchev–Trinajstić information content (AvgIpc) is 2.92. The molecular formula is C16H22N4O2. The number of hydrogen-bond donors (Lipinski definition) is 3. The minimum absolute atomic E-state index is 0.0657. The maximum absolute atomic E-state index is 12.3. The second kappa shape index (κ2) is 7.17. The van der Waals surface area contributed by atoms with Gasteiger partial charge >= 0.3 is 0 Å². The monoisotopic (exact) mass is 302 g/mol. The number of aromatic nitrogens is 3. The lowest BCUT2D eigenvalue weighted by molar-refractivity contribution is 0.0908. The summed E-state index contributed by atoms with van der Waals surface area (Å²) in [6.07, 6.45) is 0.738. The summed E-state index contributed by atoms with van der Waals surface area (Å²) in [5, 5.41) is 19.1. The van der Waals surface area contributed by atoms with Gasteiger partial charge in [0.25, 0.3) is 5.91 Å². The van der Waals surface area contributed by atoms with Gasteiger partial charge in [0.1, 0.15) is 5.82 Å². The van der Waals surface area contributed by atoms with E-state index in [-0.39, 0.29) is 18.6 Å². The molecule has 1 atom stereocenters. The summed E-state index contributed by atoms with van der Waals surface area (Å²) in [5.41, 5.74) is 1.31. The Labute approximate surface area is 130 Å². The number of amides is 1. The molecule has 1 aromatic heterocycles. The minimum Gasteiger partial charge on any atom is -0.394 e. The first-order valence-corrected chi connectivity index (χ1v) is 7.40. The molecule has 2 rings (SSSR count). The number of carbonyl (C=O) groups is 1. The van der Waals surface area contributed by atoms with Crippen LogP contribution in [0.5, 0.6) is 0 Å². The number of benzene rings is 1. The predicted molar refractivity (Wildman–Crippen MR) is 84.4 cm³/mol. The van der Waals surface area contributed by atoms with Crippen LogP contribution in [0.25, 0.3) is 11.4 Å². The van der Waals surface area contributed by atoms with Crippen LogP contribution in [-0.2, 0) is 0 Å². The number of nitrogens with zero attached hydrogens (tertiary/aromatic N) is 2. The summed E-state index contributed by atoms with van der Waals surface area (Å²) in [6.45, 7) is 5.87. The maximum Gasteiger partial charge on any atom is 0.251 e. The first kappa shape index (κ1) is 16.2. The van der Waals surface area contributed by atoms with Gasteiger partial charge in [0.05, 0.1) is 12.6 Å². The number of H-pyrrole nitrogens is 1. The smallest absolute Gasteiger partial charge is 0.251 e. The number of aromatic amines is 1. The van der Waals surface area contributed by atoms with E-state index >= 15 is 0 Å². The quantitative estimate of drug-likeness (QED) is 0.760. The van der Waals surface area contributed by atoms with Crippen LogP contribution in [0.3, 0.4) is 0 Å². The van der Waals surface area contributed by atoms with E-state index < -0.39 is 0 Å². The van der Waals surface area contributed by atoms with Crippen LogP contribution in [0.2, 0.25) is 0 Å². The fourth-order valence-corrected chi connectivity index (χ4v) is 2.29. The van der Waals surface area contributed by atoms with Crippen molar-refractivity contribution < 1.29 is 9.90 Å². The molecule has 3 N–H and O–H groups in total. The molecule has 6 nitrogen and oxygen atoms in total. The molecule has 0 radical (unpaired) electrons. The van der Waals surface area contributed by atoms with Gasteiger partial charge in [0, 0.05) is 11.1 Å². The molecule has 6 heteroatoms. The Morgan fingerprint density at radius 2 is 2.18 bits per heavy atom. The molecule has 118 valence electrons. The number of carbonyl (C=O) groups excluding carboxylic acids is 1. The summed E-state index contributed by atoms with van der Waals surface area (Å²) in [4.78, 5) is 16.6. The number of aryl methyl sites for hydroxylation is 1. The van der Waals surface area contributed by atoms with E-state index in [1.54, 1.807) is 18.2 Å². The van der Waals surface area contributed by atoms with Crippen LogP contribution in [0.4, 0.5) is 0 Å². The van der Waals surface area contributed by atoms with E-state index in [4.69, 9.17) is 0 Å². The highest BCUT2D eigenvalue weighted by atomic mass is 16.3. The third-order valence-electron chi connectivity index (χ3n) is 3.29. The Kier molecular flexibility index (Phi) is 5.27. The van der Waals surface area contributed by atoms with Gasteiger partial charge in [-0.3, -0.25) is 9.89 Å². The van der Waals surface area contributed by atoms with Gasteiger partial charge in [-0.2, -0.15) is 5.10 Å². The van der Waals surface area contributed by atoms with Crippen molar-refractivity contribution in [2.75, 3.05) is 6.61 Å². The van der Waals surface area contributed by atoms with Crippen molar-refractivity contribution in [2.24, 2.45) is 5.92 Å². The van der Waals surface area contributed by atoms with Crippen molar-refractivity contribution in [2.45, 2.75) is 33.2 Å². The standard InChI is InChI=1S/C16H22N4O2/c1-10(2)7-14(9-21)18-16(22)13-6-4-5-12(8-13)15-17-11(3)19-20-15/h4-6,8,10,14,21H,7,9H2,1-3H3,(H,18,22)(H,17,19,20). The number of aliphatic hydroxyl groups is 1. The van der Waals surface area contributed by atoms with Gasteiger partial charge in [-0.25, -0.2) is 4.98 Å². The average molecular weight is 302 g/mol. The number of hydrogen-bond acceptors (Lipinski definition) is 4. The van der Waals surface area contributed by atoms with Crippen LogP contribution >= 0.6 is 0 Å². The summed E-state index contributed by atoms with van der Waals surface area (Å²) in [6, 6.07) is 6.91. The molecule has 0 saturated carbocycles. The molecule has 1 unspecified atom stereocenters. The van der Waals surface area contributed by atoms with Crippen LogP contribution in [0.1, 0.15) is 36.5 Å². The minimum atomic E-state index is -0.234. The van der Waals surface area contributed by atoms with Crippen LogP contribution in [-0.4, -0.2) is 38.8 Å². The van der Waals surface area contributed by atoms with Gasteiger partial charge < -0.3 is 10.4 Å². The number of rotatable bonds is 6. The van der Waals surface area contributed by atoms with E-state index in [2.05, 4.69) is 34.3 Å². The lowest BCUT2D eigenvalue weighted by Crippen LogP contribution is -2.38. The Morgan fingerprint density at radius 1 is 1.41 bits per heavy atom. The van der Waals surface area contributed by atoms with Crippen LogP contribution < -0.4 is 5.32 Å². The van der Waals surface area contributed by atoms with Crippen molar-refractivity contribution in [3.8, 4) is 11.4 Å². The van der Waals surface area contributed by atoms with Crippen molar-refractivity contribution in [1.29, 1.82) is 0 Å². The molecular weight excluding hydrogens is 280 g/mol. The molecule has 0 aliphatic rings. The van der Waals surface area contributed by atoms with Crippen LogP contribution in [0, 0.1) is 12.8 Å². The van der Waals surface area contributed by atoms with Crippen molar-refractivity contribution >= 4 is 5.91 Å². The fourth-order valence-electron chi connectivity index (χ4n) is 2.29. The molecule has 0 aliphatic carbocycles. The van der Waals surface area contributed by atoms with Crippen LogP contribution in [0.15, 0.2) is 24.3 Å². The maximum atomic E-state index is 12.3. The normalized spacial score (nSPS) is 12.4. The topological polar surface area (TPSA) is 90.9 Å². The molecule has 0 bridgehead atoms. The van der Waals surface area contributed by atoms with E-state index in [9.17, 15) is 9.90 Å². The van der Waals surface area contributed by atoms with E-state index in [0.717, 1.165) is 17.8 Å². The molecule has 0 saturated heterocycles. The largest absolute Gasteiger partial charge is 0.394 e. The summed E-state index contributed by atoms with van der Waals surface area (Å²) in [7, 11) is 0. The summed E-state index contributed by atoms with van der Waals surface area (Å²) in [5.74, 6) is 1.49. The molecule has 1 aromatic carbocycles. The Balaban J connectivity index is 2.13. The van der Waals surface area contributed by atoms with Gasteiger partial charge in [0.15, 0.2) is 5.82 Å². The molecule has 1 heterocycles. The second-order valence-corrected chi connectivity index (χ2v) is 5.81. The molecule has 0 spiro atoms.